The zero-order valence-electron chi connectivity index (χ0n) is 9.89. The van der Waals surface area contributed by atoms with Crippen molar-refractivity contribution in [3.63, 3.8) is 0 Å². The minimum absolute atomic E-state index is 0.227. The summed E-state index contributed by atoms with van der Waals surface area (Å²) in [5, 5.41) is 0. The van der Waals surface area contributed by atoms with Crippen molar-refractivity contribution in [3.05, 3.63) is 35.9 Å². The molecule has 3 nitrogen and oxygen atoms in total. The molecule has 1 aliphatic rings. The van der Waals surface area contributed by atoms with Crippen LogP contribution < -0.4 is 0 Å². The van der Waals surface area contributed by atoms with Gasteiger partial charge in [-0.1, -0.05) is 30.3 Å². The monoisotopic (exact) mass is 218 g/mol. The van der Waals surface area contributed by atoms with E-state index in [0.717, 1.165) is 13.1 Å². The van der Waals surface area contributed by atoms with E-state index < -0.39 is 0 Å². The number of likely N-dealkylation sites (N-methyl/N-ethyl adjacent to an activating group) is 1. The highest BCUT2D eigenvalue weighted by Crippen LogP contribution is 2.13. The molecule has 1 aromatic rings. The molecule has 1 atom stereocenters. The Hall–Kier alpha value is -1.35. The summed E-state index contributed by atoms with van der Waals surface area (Å²) in [5.74, 6) is 0.227. The molecule has 86 valence electrons. The first-order valence-electron chi connectivity index (χ1n) is 5.69. The van der Waals surface area contributed by atoms with E-state index in [1.165, 1.54) is 5.56 Å². The van der Waals surface area contributed by atoms with Crippen LogP contribution in [0.1, 0.15) is 12.5 Å². The molecule has 0 bridgehead atoms. The maximum absolute atomic E-state index is 11.9. The summed E-state index contributed by atoms with van der Waals surface area (Å²) in [4.78, 5) is 15.9. The zero-order valence-corrected chi connectivity index (χ0v) is 9.89. The number of carbonyl (C=O) groups excluding carboxylic acids is 1. The molecular weight excluding hydrogens is 200 g/mol. The summed E-state index contributed by atoms with van der Waals surface area (Å²) in [6, 6.07) is 10.5. The lowest BCUT2D eigenvalue weighted by Crippen LogP contribution is -2.53. The summed E-state index contributed by atoms with van der Waals surface area (Å²) < 4.78 is 0. The van der Waals surface area contributed by atoms with Crippen molar-refractivity contribution in [1.29, 1.82) is 0 Å². The topological polar surface area (TPSA) is 23.6 Å². The molecule has 1 fully saturated rings. The van der Waals surface area contributed by atoms with Crippen LogP contribution in [0.3, 0.4) is 0 Å². The molecule has 0 radical (unpaired) electrons. The van der Waals surface area contributed by atoms with Crippen molar-refractivity contribution >= 4 is 5.91 Å². The van der Waals surface area contributed by atoms with E-state index in [9.17, 15) is 4.79 Å². The summed E-state index contributed by atoms with van der Waals surface area (Å²) in [6.07, 6.45) is 0. The van der Waals surface area contributed by atoms with E-state index in [1.807, 2.05) is 30.1 Å². The maximum atomic E-state index is 11.9. The van der Waals surface area contributed by atoms with Crippen molar-refractivity contribution in [2.24, 2.45) is 0 Å². The predicted molar refractivity (Wildman–Crippen MR) is 64.0 cm³/mol. The van der Waals surface area contributed by atoms with Crippen LogP contribution in [0, 0.1) is 0 Å². The molecule has 0 spiro atoms. The van der Waals surface area contributed by atoms with E-state index in [-0.39, 0.29) is 5.91 Å². The number of amides is 1. The standard InChI is InChI=1S/C13H18N2O/c1-11-8-14(2)10-13(16)15(11)9-12-6-4-3-5-7-12/h3-7,11H,8-10H2,1-2H3. The first-order valence-corrected chi connectivity index (χ1v) is 5.69. The van der Waals surface area contributed by atoms with Crippen molar-refractivity contribution in [2.75, 3.05) is 20.1 Å². The highest BCUT2D eigenvalue weighted by Gasteiger charge is 2.27. The average molecular weight is 218 g/mol. The highest BCUT2D eigenvalue weighted by molar-refractivity contribution is 5.79. The van der Waals surface area contributed by atoms with E-state index in [0.29, 0.717) is 12.6 Å². The van der Waals surface area contributed by atoms with Crippen molar-refractivity contribution < 1.29 is 4.79 Å². The number of carbonyl (C=O) groups is 1. The number of piperazine rings is 1. The van der Waals surface area contributed by atoms with Gasteiger partial charge in [-0.2, -0.15) is 0 Å². The van der Waals surface area contributed by atoms with Crippen LogP contribution in [-0.4, -0.2) is 41.9 Å². The fraction of sp³-hybridized carbons (Fsp3) is 0.462. The SMILES string of the molecule is CC1CN(C)CC(=O)N1Cc1ccccc1. The van der Waals surface area contributed by atoms with E-state index in [4.69, 9.17) is 0 Å². The van der Waals surface area contributed by atoms with E-state index >= 15 is 0 Å². The molecule has 1 unspecified atom stereocenters. The van der Waals surface area contributed by atoms with Gasteiger partial charge in [-0.05, 0) is 19.5 Å². The number of rotatable bonds is 2. The van der Waals surface area contributed by atoms with Crippen LogP contribution in [0.5, 0.6) is 0 Å². The molecule has 1 aliphatic heterocycles. The fourth-order valence-corrected chi connectivity index (χ4v) is 2.21. The molecular formula is C13H18N2O. The Kier molecular flexibility index (Phi) is 3.25. The molecule has 2 rings (SSSR count). The van der Waals surface area contributed by atoms with Gasteiger partial charge in [0.2, 0.25) is 5.91 Å². The summed E-state index contributed by atoms with van der Waals surface area (Å²) in [6.45, 7) is 4.33. The molecule has 1 saturated heterocycles. The van der Waals surface area contributed by atoms with Crippen molar-refractivity contribution in [3.8, 4) is 0 Å². The second kappa shape index (κ2) is 4.66. The third kappa shape index (κ3) is 2.42. The first kappa shape index (κ1) is 11.1. The Morgan fingerprint density at radius 3 is 2.62 bits per heavy atom. The normalized spacial score (nSPS) is 22.5. The van der Waals surface area contributed by atoms with E-state index in [2.05, 4.69) is 24.0 Å². The van der Waals surface area contributed by atoms with Crippen molar-refractivity contribution in [1.82, 2.24) is 9.80 Å². The summed E-state index contributed by atoms with van der Waals surface area (Å²) in [5.41, 5.74) is 1.20. The third-order valence-electron chi connectivity index (χ3n) is 3.03. The van der Waals surface area contributed by atoms with Crippen LogP contribution >= 0.6 is 0 Å². The van der Waals surface area contributed by atoms with Gasteiger partial charge in [-0.15, -0.1) is 0 Å². The van der Waals surface area contributed by atoms with Crippen LogP contribution in [0.2, 0.25) is 0 Å². The van der Waals surface area contributed by atoms with E-state index in [1.54, 1.807) is 0 Å². The molecule has 16 heavy (non-hydrogen) atoms. The molecule has 1 heterocycles. The Morgan fingerprint density at radius 2 is 2.00 bits per heavy atom. The maximum Gasteiger partial charge on any atom is 0.237 e. The number of benzene rings is 1. The van der Waals surface area contributed by atoms with Crippen LogP contribution in [0.25, 0.3) is 0 Å². The third-order valence-corrected chi connectivity index (χ3v) is 3.03. The lowest BCUT2D eigenvalue weighted by Gasteiger charge is -2.38. The van der Waals surface area contributed by atoms with Gasteiger partial charge in [0.05, 0.1) is 6.54 Å². The molecule has 0 aromatic heterocycles. The van der Waals surface area contributed by atoms with Crippen LogP contribution in [0.15, 0.2) is 30.3 Å². The van der Waals surface area contributed by atoms with Gasteiger partial charge in [-0.3, -0.25) is 9.69 Å². The Balaban J connectivity index is 2.07. The van der Waals surface area contributed by atoms with Crippen LogP contribution in [0.4, 0.5) is 0 Å². The lowest BCUT2D eigenvalue weighted by atomic mass is 10.1. The average Bonchev–Trinajstić information content (AvgIpc) is 2.25. The van der Waals surface area contributed by atoms with Gasteiger partial charge in [0.15, 0.2) is 0 Å². The zero-order chi connectivity index (χ0) is 11.5. The Morgan fingerprint density at radius 1 is 1.31 bits per heavy atom. The van der Waals surface area contributed by atoms with Gasteiger partial charge < -0.3 is 4.90 Å². The second-order valence-corrected chi connectivity index (χ2v) is 4.55. The highest BCUT2D eigenvalue weighted by atomic mass is 16.2. The molecule has 1 aromatic carbocycles. The quantitative estimate of drug-likeness (QED) is 0.748. The molecule has 1 amide bonds. The number of hydrogen-bond donors (Lipinski definition) is 0. The Bertz CT molecular complexity index is 363. The predicted octanol–water partition coefficient (Wildman–Crippen LogP) is 1.35. The minimum atomic E-state index is 0.227. The lowest BCUT2D eigenvalue weighted by molar-refractivity contribution is -0.139. The molecule has 0 aliphatic carbocycles. The number of nitrogens with zero attached hydrogens (tertiary/aromatic N) is 2. The van der Waals surface area contributed by atoms with Crippen LogP contribution in [-0.2, 0) is 11.3 Å². The smallest absolute Gasteiger partial charge is 0.237 e. The summed E-state index contributed by atoms with van der Waals surface area (Å²) in [7, 11) is 1.99. The van der Waals surface area contributed by atoms with Gasteiger partial charge in [0.1, 0.15) is 0 Å². The first-order chi connectivity index (χ1) is 7.66. The fourth-order valence-electron chi connectivity index (χ4n) is 2.21. The Labute approximate surface area is 96.7 Å². The molecule has 0 N–H and O–H groups in total. The van der Waals surface area contributed by atoms with Gasteiger partial charge in [-0.25, -0.2) is 0 Å². The molecule has 3 heteroatoms. The minimum Gasteiger partial charge on any atom is -0.333 e. The number of hydrogen-bond acceptors (Lipinski definition) is 2. The summed E-state index contributed by atoms with van der Waals surface area (Å²) >= 11 is 0. The van der Waals surface area contributed by atoms with Gasteiger partial charge >= 0.3 is 0 Å². The largest absolute Gasteiger partial charge is 0.333 e. The molecule has 0 saturated carbocycles. The second-order valence-electron chi connectivity index (χ2n) is 4.55. The van der Waals surface area contributed by atoms with Gasteiger partial charge in [0, 0.05) is 19.1 Å². The van der Waals surface area contributed by atoms with Crippen molar-refractivity contribution in [2.45, 2.75) is 19.5 Å². The van der Waals surface area contributed by atoms with Gasteiger partial charge in [0.25, 0.3) is 0 Å².